The summed E-state index contributed by atoms with van der Waals surface area (Å²) < 4.78 is 55.6. The molecule has 6 nitrogen and oxygen atoms in total. The van der Waals surface area contributed by atoms with Gasteiger partial charge in [-0.1, -0.05) is 63.1 Å². The molecule has 0 fully saturated rings. The van der Waals surface area contributed by atoms with Gasteiger partial charge in [-0.3, -0.25) is 0 Å². The van der Waals surface area contributed by atoms with Crippen LogP contribution in [-0.2, 0) is 20.0 Å². The number of nitrogens with one attached hydrogen (secondary N) is 2. The Balaban J connectivity index is 2.00. The van der Waals surface area contributed by atoms with E-state index in [-0.39, 0.29) is 15.2 Å². The molecule has 0 amide bonds. The second kappa shape index (κ2) is 11.8. The Morgan fingerprint density at radius 2 is 1.19 bits per heavy atom. The van der Waals surface area contributed by atoms with Crippen LogP contribution in [0, 0.1) is 5.41 Å². The molecular formula is C23H34N2O4S2. The van der Waals surface area contributed by atoms with E-state index in [1.807, 2.05) is 0 Å². The molecular weight excluding hydrogens is 432 g/mol. The fraction of sp³-hybridized carbons (Fsp3) is 0.478. The lowest BCUT2D eigenvalue weighted by molar-refractivity contribution is 0.219. The van der Waals surface area contributed by atoms with Gasteiger partial charge in [-0.05, 0) is 55.4 Å². The fourth-order valence-electron chi connectivity index (χ4n) is 3.62. The summed E-state index contributed by atoms with van der Waals surface area (Å²) in [4.78, 5) is 0.504. The van der Waals surface area contributed by atoms with Gasteiger partial charge in [0.15, 0.2) is 0 Å². The molecule has 172 valence electrons. The van der Waals surface area contributed by atoms with Gasteiger partial charge in [0.1, 0.15) is 0 Å². The minimum atomic E-state index is -3.58. The van der Waals surface area contributed by atoms with E-state index in [9.17, 15) is 16.8 Å². The Labute approximate surface area is 187 Å². The molecule has 0 aliphatic carbocycles. The maximum absolute atomic E-state index is 12.7. The highest BCUT2D eigenvalue weighted by molar-refractivity contribution is 7.89. The molecule has 0 bridgehead atoms. The van der Waals surface area contributed by atoms with Gasteiger partial charge in [0.2, 0.25) is 20.0 Å². The molecule has 31 heavy (non-hydrogen) atoms. The summed E-state index contributed by atoms with van der Waals surface area (Å²) in [5.41, 5.74) is -0.212. The molecule has 0 saturated heterocycles. The lowest BCUT2D eigenvalue weighted by Gasteiger charge is -2.33. The molecule has 0 unspecified atom stereocenters. The Bertz CT molecular complexity index is 994. The van der Waals surface area contributed by atoms with E-state index in [0.29, 0.717) is 19.5 Å². The zero-order chi connectivity index (χ0) is 22.8. The van der Waals surface area contributed by atoms with Crippen molar-refractivity contribution in [2.75, 3.05) is 13.1 Å². The fourth-order valence-corrected chi connectivity index (χ4v) is 5.89. The van der Waals surface area contributed by atoms with Gasteiger partial charge in [0.25, 0.3) is 0 Å². The SMILES string of the molecule is CCCC[C@@](CC)(CCCNS(=O)(=O)c1ccccc1)CNS(=O)(=O)c1ccccc1. The van der Waals surface area contributed by atoms with Crippen LogP contribution < -0.4 is 9.44 Å². The van der Waals surface area contributed by atoms with Crippen molar-refractivity contribution in [3.8, 4) is 0 Å². The first-order chi connectivity index (χ1) is 14.7. The van der Waals surface area contributed by atoms with Crippen LogP contribution in [0.4, 0.5) is 0 Å². The van der Waals surface area contributed by atoms with Crippen molar-refractivity contribution in [1.29, 1.82) is 0 Å². The maximum atomic E-state index is 12.7. The Morgan fingerprint density at radius 3 is 1.68 bits per heavy atom. The van der Waals surface area contributed by atoms with Gasteiger partial charge >= 0.3 is 0 Å². The van der Waals surface area contributed by atoms with Crippen molar-refractivity contribution >= 4 is 20.0 Å². The standard InChI is InChI=1S/C23H34N2O4S2/c1-3-5-17-23(4-2,20-25-31(28,29)22-15-10-7-11-16-22)18-12-19-24-30(26,27)21-13-8-6-9-14-21/h6-11,13-16,24-25H,3-5,12,17-20H2,1-2H3/t23-/m0/s1. The van der Waals surface area contributed by atoms with E-state index in [4.69, 9.17) is 0 Å². The third-order valence-corrected chi connectivity index (χ3v) is 8.62. The minimum Gasteiger partial charge on any atom is -0.211 e. The van der Waals surface area contributed by atoms with Gasteiger partial charge in [-0.2, -0.15) is 0 Å². The molecule has 8 heteroatoms. The first-order valence-electron chi connectivity index (χ1n) is 10.8. The van der Waals surface area contributed by atoms with Crippen molar-refractivity contribution in [2.45, 2.75) is 62.2 Å². The van der Waals surface area contributed by atoms with Crippen LogP contribution in [-0.4, -0.2) is 29.9 Å². The Hall–Kier alpha value is -1.74. The average molecular weight is 467 g/mol. The quantitative estimate of drug-likeness (QED) is 0.406. The lowest BCUT2D eigenvalue weighted by Crippen LogP contribution is -2.38. The van der Waals surface area contributed by atoms with Crippen LogP contribution in [0.1, 0.15) is 52.4 Å². The molecule has 2 N–H and O–H groups in total. The Kier molecular flexibility index (Phi) is 9.68. The summed E-state index contributed by atoms with van der Waals surface area (Å²) in [6.07, 6.45) is 5.10. The highest BCUT2D eigenvalue weighted by Crippen LogP contribution is 2.34. The molecule has 1 atom stereocenters. The molecule has 2 aromatic carbocycles. The third-order valence-electron chi connectivity index (χ3n) is 5.73. The van der Waals surface area contributed by atoms with E-state index >= 15 is 0 Å². The number of rotatable bonds is 14. The van der Waals surface area contributed by atoms with Gasteiger partial charge in [0.05, 0.1) is 9.79 Å². The van der Waals surface area contributed by atoms with E-state index in [0.717, 1.165) is 32.1 Å². The first kappa shape index (κ1) is 25.5. The number of hydrogen-bond donors (Lipinski definition) is 2. The van der Waals surface area contributed by atoms with Crippen LogP contribution >= 0.6 is 0 Å². The van der Waals surface area contributed by atoms with Crippen molar-refractivity contribution < 1.29 is 16.8 Å². The number of hydrogen-bond acceptors (Lipinski definition) is 4. The van der Waals surface area contributed by atoms with Crippen LogP contribution in [0.15, 0.2) is 70.5 Å². The number of benzene rings is 2. The highest BCUT2D eigenvalue weighted by atomic mass is 32.2. The predicted octanol–water partition coefficient (Wildman–Crippen LogP) is 4.31. The average Bonchev–Trinajstić information content (AvgIpc) is 2.79. The van der Waals surface area contributed by atoms with Crippen LogP contribution in [0.3, 0.4) is 0 Å². The summed E-state index contributed by atoms with van der Waals surface area (Å²) in [6.45, 7) is 4.84. The van der Waals surface area contributed by atoms with Gasteiger partial charge in [-0.15, -0.1) is 0 Å². The first-order valence-corrected chi connectivity index (χ1v) is 13.8. The summed E-state index contributed by atoms with van der Waals surface area (Å²) in [5, 5.41) is 0. The van der Waals surface area contributed by atoms with Crippen LogP contribution in [0.25, 0.3) is 0 Å². The summed E-state index contributed by atoms with van der Waals surface area (Å²) in [6, 6.07) is 16.7. The zero-order valence-corrected chi connectivity index (χ0v) is 20.0. The van der Waals surface area contributed by atoms with E-state index in [1.54, 1.807) is 60.7 Å². The maximum Gasteiger partial charge on any atom is 0.240 e. The number of unbranched alkanes of at least 4 members (excludes halogenated alkanes) is 1. The highest BCUT2D eigenvalue weighted by Gasteiger charge is 2.29. The van der Waals surface area contributed by atoms with Crippen LogP contribution in [0.5, 0.6) is 0 Å². The normalized spacial score (nSPS) is 14.3. The van der Waals surface area contributed by atoms with Crippen molar-refractivity contribution in [2.24, 2.45) is 5.41 Å². The van der Waals surface area contributed by atoms with Gasteiger partial charge in [0, 0.05) is 13.1 Å². The Morgan fingerprint density at radius 1 is 0.710 bits per heavy atom. The molecule has 2 aromatic rings. The molecule has 0 radical (unpaired) electrons. The molecule has 0 heterocycles. The van der Waals surface area contributed by atoms with E-state index in [2.05, 4.69) is 23.3 Å². The summed E-state index contributed by atoms with van der Waals surface area (Å²) in [5.74, 6) is 0. The van der Waals surface area contributed by atoms with Crippen molar-refractivity contribution in [1.82, 2.24) is 9.44 Å². The molecule has 0 aromatic heterocycles. The molecule has 0 aliphatic heterocycles. The number of sulfonamides is 2. The summed E-state index contributed by atoms with van der Waals surface area (Å²) >= 11 is 0. The smallest absolute Gasteiger partial charge is 0.211 e. The zero-order valence-electron chi connectivity index (χ0n) is 18.4. The topological polar surface area (TPSA) is 92.3 Å². The largest absolute Gasteiger partial charge is 0.240 e. The third kappa shape index (κ3) is 7.71. The molecule has 0 saturated carbocycles. The van der Waals surface area contributed by atoms with Gasteiger partial charge in [-0.25, -0.2) is 26.3 Å². The van der Waals surface area contributed by atoms with E-state index in [1.165, 1.54) is 0 Å². The molecule has 0 aliphatic rings. The molecule has 2 rings (SSSR count). The van der Waals surface area contributed by atoms with Crippen molar-refractivity contribution in [3.05, 3.63) is 60.7 Å². The second-order valence-corrected chi connectivity index (χ2v) is 11.4. The van der Waals surface area contributed by atoms with Gasteiger partial charge < -0.3 is 0 Å². The minimum absolute atomic E-state index is 0.212. The lowest BCUT2D eigenvalue weighted by atomic mass is 9.76. The monoisotopic (exact) mass is 466 g/mol. The van der Waals surface area contributed by atoms with Crippen molar-refractivity contribution in [3.63, 3.8) is 0 Å². The van der Waals surface area contributed by atoms with Crippen LogP contribution in [0.2, 0.25) is 0 Å². The molecule has 0 spiro atoms. The summed E-state index contributed by atoms with van der Waals surface area (Å²) in [7, 11) is -7.11. The second-order valence-electron chi connectivity index (χ2n) is 7.91. The predicted molar refractivity (Wildman–Crippen MR) is 125 cm³/mol. The van der Waals surface area contributed by atoms with E-state index < -0.39 is 20.0 Å².